The number of methoxy groups -OCH3 is 1. The van der Waals surface area contributed by atoms with Gasteiger partial charge in [0.05, 0.1) is 18.1 Å². The zero-order chi connectivity index (χ0) is 21.0. The van der Waals surface area contributed by atoms with Gasteiger partial charge in [0, 0.05) is 26.2 Å². The fraction of sp³-hybridized carbons (Fsp3) is 0.421. The number of benzene rings is 1. The van der Waals surface area contributed by atoms with Gasteiger partial charge in [0.25, 0.3) is 15.9 Å². The van der Waals surface area contributed by atoms with Gasteiger partial charge in [-0.3, -0.25) is 4.79 Å². The maximum Gasteiger partial charge on any atom is 0.252 e. The van der Waals surface area contributed by atoms with Crippen LogP contribution in [0, 0.1) is 0 Å². The van der Waals surface area contributed by atoms with Crippen molar-refractivity contribution in [2.24, 2.45) is 0 Å². The van der Waals surface area contributed by atoms with Gasteiger partial charge in [0.15, 0.2) is 0 Å². The molecule has 2 aromatic rings. The van der Waals surface area contributed by atoms with E-state index in [1.54, 1.807) is 25.0 Å². The van der Waals surface area contributed by atoms with Crippen molar-refractivity contribution in [3.05, 3.63) is 46.3 Å². The Morgan fingerprint density at radius 1 is 1.21 bits per heavy atom. The Hall–Kier alpha value is -1.65. The van der Waals surface area contributed by atoms with Crippen molar-refractivity contribution >= 4 is 38.9 Å². The number of halogens is 1. The highest BCUT2D eigenvalue weighted by molar-refractivity contribution is 7.91. The summed E-state index contributed by atoms with van der Waals surface area (Å²) < 4.78 is 38.3. The molecule has 1 aromatic heterocycles. The van der Waals surface area contributed by atoms with E-state index in [2.05, 4.69) is 0 Å². The molecule has 0 radical (unpaired) electrons. The average Bonchev–Trinajstić information content (AvgIpc) is 3.19. The minimum absolute atomic E-state index is 0.149. The fourth-order valence-electron chi connectivity index (χ4n) is 3.02. The molecule has 1 unspecified atom stereocenters. The Morgan fingerprint density at radius 3 is 2.55 bits per heavy atom. The van der Waals surface area contributed by atoms with E-state index < -0.39 is 16.1 Å². The summed E-state index contributed by atoms with van der Waals surface area (Å²) in [5, 5.41) is 0. The van der Waals surface area contributed by atoms with Crippen LogP contribution in [0.5, 0.6) is 5.75 Å². The summed E-state index contributed by atoms with van der Waals surface area (Å²) in [6.07, 6.45) is -0.625. The number of hydrogen-bond donors (Lipinski definition) is 0. The fourth-order valence-corrected chi connectivity index (χ4v) is 6.08. The SMILES string of the molecule is COc1cccc(COC(C)C(=O)N2CCN(S(=O)(=O)c3ccc(Cl)s3)CC2)c1. The molecule has 1 atom stereocenters. The largest absolute Gasteiger partial charge is 0.497 e. The number of nitrogens with zero attached hydrogens (tertiary/aromatic N) is 2. The van der Waals surface area contributed by atoms with E-state index in [1.165, 1.54) is 10.4 Å². The first-order chi connectivity index (χ1) is 13.8. The van der Waals surface area contributed by atoms with E-state index in [0.717, 1.165) is 22.6 Å². The highest BCUT2D eigenvalue weighted by Gasteiger charge is 2.32. The minimum atomic E-state index is -3.58. The molecule has 29 heavy (non-hydrogen) atoms. The van der Waals surface area contributed by atoms with Crippen LogP contribution in [0.3, 0.4) is 0 Å². The second-order valence-electron chi connectivity index (χ2n) is 6.59. The summed E-state index contributed by atoms with van der Waals surface area (Å²) in [7, 11) is -1.98. The van der Waals surface area contributed by atoms with Crippen molar-refractivity contribution < 1.29 is 22.7 Å². The molecule has 1 amide bonds. The predicted octanol–water partition coefficient (Wildman–Crippen LogP) is 2.85. The first-order valence-corrected chi connectivity index (χ1v) is 11.7. The van der Waals surface area contributed by atoms with Gasteiger partial charge < -0.3 is 14.4 Å². The number of carbonyl (C=O) groups is 1. The van der Waals surface area contributed by atoms with Crippen molar-refractivity contribution in [2.45, 2.75) is 23.8 Å². The van der Waals surface area contributed by atoms with Crippen molar-refractivity contribution in [1.29, 1.82) is 0 Å². The van der Waals surface area contributed by atoms with Gasteiger partial charge >= 0.3 is 0 Å². The Bertz CT molecular complexity index is 955. The van der Waals surface area contributed by atoms with Crippen molar-refractivity contribution in [2.75, 3.05) is 33.3 Å². The molecule has 0 N–H and O–H groups in total. The Balaban J connectivity index is 1.52. The summed E-state index contributed by atoms with van der Waals surface area (Å²) >= 11 is 6.89. The zero-order valence-corrected chi connectivity index (χ0v) is 18.6. The Kier molecular flexibility index (Phi) is 7.18. The quantitative estimate of drug-likeness (QED) is 0.637. The first-order valence-electron chi connectivity index (χ1n) is 9.10. The van der Waals surface area contributed by atoms with Gasteiger partial charge in [-0.1, -0.05) is 23.7 Å². The lowest BCUT2D eigenvalue weighted by molar-refractivity contribution is -0.144. The van der Waals surface area contributed by atoms with Gasteiger partial charge in [0.2, 0.25) is 0 Å². The highest BCUT2D eigenvalue weighted by Crippen LogP contribution is 2.28. The number of hydrogen-bond acceptors (Lipinski definition) is 6. The van der Waals surface area contributed by atoms with Crippen LogP contribution in [-0.4, -0.2) is 62.9 Å². The van der Waals surface area contributed by atoms with Crippen LogP contribution in [0.1, 0.15) is 12.5 Å². The van der Waals surface area contributed by atoms with E-state index in [9.17, 15) is 13.2 Å². The lowest BCUT2D eigenvalue weighted by Crippen LogP contribution is -2.52. The van der Waals surface area contributed by atoms with Gasteiger partial charge in [-0.15, -0.1) is 11.3 Å². The van der Waals surface area contributed by atoms with Gasteiger partial charge in [-0.25, -0.2) is 8.42 Å². The Morgan fingerprint density at radius 2 is 1.93 bits per heavy atom. The molecule has 1 aromatic carbocycles. The third-order valence-electron chi connectivity index (χ3n) is 4.67. The number of piperazine rings is 1. The molecule has 7 nitrogen and oxygen atoms in total. The summed E-state index contributed by atoms with van der Waals surface area (Å²) in [4.78, 5) is 14.3. The zero-order valence-electron chi connectivity index (χ0n) is 16.2. The van der Waals surface area contributed by atoms with Crippen LogP contribution in [0.25, 0.3) is 0 Å². The third kappa shape index (κ3) is 5.29. The van der Waals surface area contributed by atoms with Gasteiger partial charge in [0.1, 0.15) is 16.1 Å². The molecule has 0 spiro atoms. The number of thiophene rings is 1. The van der Waals surface area contributed by atoms with Crippen LogP contribution in [0.2, 0.25) is 4.34 Å². The lowest BCUT2D eigenvalue weighted by Gasteiger charge is -2.34. The van der Waals surface area contributed by atoms with Crippen LogP contribution in [-0.2, 0) is 26.2 Å². The van der Waals surface area contributed by atoms with Gasteiger partial charge in [-0.05, 0) is 36.8 Å². The maximum absolute atomic E-state index is 12.7. The summed E-state index contributed by atoms with van der Waals surface area (Å²) in [6.45, 7) is 3.13. The first kappa shape index (κ1) is 22.0. The number of carbonyl (C=O) groups excluding carboxylic acids is 1. The van der Waals surface area contributed by atoms with E-state index in [-0.39, 0.29) is 29.8 Å². The predicted molar refractivity (Wildman–Crippen MR) is 112 cm³/mol. The molecule has 3 rings (SSSR count). The molecule has 1 fully saturated rings. The second-order valence-corrected chi connectivity index (χ2v) is 10.5. The van der Waals surface area contributed by atoms with E-state index in [4.69, 9.17) is 21.1 Å². The van der Waals surface area contributed by atoms with Crippen molar-refractivity contribution in [3.8, 4) is 5.75 Å². The molecule has 1 saturated heterocycles. The monoisotopic (exact) mass is 458 g/mol. The van der Waals surface area contributed by atoms with Crippen molar-refractivity contribution in [3.63, 3.8) is 0 Å². The number of ether oxygens (including phenoxy) is 2. The van der Waals surface area contributed by atoms with Gasteiger partial charge in [-0.2, -0.15) is 4.31 Å². The van der Waals surface area contributed by atoms with E-state index in [1.807, 2.05) is 24.3 Å². The van der Waals surface area contributed by atoms with E-state index >= 15 is 0 Å². The minimum Gasteiger partial charge on any atom is -0.497 e. The van der Waals surface area contributed by atoms with Crippen LogP contribution < -0.4 is 4.74 Å². The third-order valence-corrected chi connectivity index (χ3v) is 8.27. The molecule has 0 saturated carbocycles. The topological polar surface area (TPSA) is 76.2 Å². The number of rotatable bonds is 7. The standard InChI is InChI=1S/C19H23ClN2O5S2/c1-14(27-13-15-4-3-5-16(12-15)26-2)19(23)21-8-10-22(11-9-21)29(24,25)18-7-6-17(20)28-18/h3-7,12,14H,8-11,13H2,1-2H3. The molecule has 0 aliphatic carbocycles. The van der Waals surface area contributed by atoms with Crippen molar-refractivity contribution in [1.82, 2.24) is 9.21 Å². The second kappa shape index (κ2) is 9.44. The molecule has 1 aliphatic rings. The van der Waals surface area contributed by atoms with Crippen LogP contribution in [0.15, 0.2) is 40.6 Å². The molecule has 2 heterocycles. The van der Waals surface area contributed by atoms with Crippen LogP contribution in [0.4, 0.5) is 0 Å². The number of amides is 1. The highest BCUT2D eigenvalue weighted by atomic mass is 35.5. The normalized spacial score (nSPS) is 16.6. The number of sulfonamides is 1. The smallest absolute Gasteiger partial charge is 0.252 e. The molecular formula is C19H23ClN2O5S2. The molecular weight excluding hydrogens is 436 g/mol. The molecule has 10 heteroatoms. The lowest BCUT2D eigenvalue weighted by atomic mass is 10.2. The summed E-state index contributed by atoms with van der Waals surface area (Å²) in [6, 6.07) is 10.5. The molecule has 158 valence electrons. The molecule has 0 bridgehead atoms. The molecule has 1 aliphatic heterocycles. The Labute approximate surface area is 179 Å². The van der Waals surface area contributed by atoms with Crippen LogP contribution >= 0.6 is 22.9 Å². The maximum atomic E-state index is 12.7. The summed E-state index contributed by atoms with van der Waals surface area (Å²) in [5.74, 6) is 0.582. The average molecular weight is 459 g/mol. The van der Waals surface area contributed by atoms with E-state index in [0.29, 0.717) is 17.4 Å². The summed E-state index contributed by atoms with van der Waals surface area (Å²) in [5.41, 5.74) is 0.912.